The predicted molar refractivity (Wildman–Crippen MR) is 201 cm³/mol. The maximum Gasteiger partial charge on any atom is 0.315 e. The minimum Gasteiger partial charge on any atom is -0.334 e. The van der Waals surface area contributed by atoms with Crippen molar-refractivity contribution in [1.82, 2.24) is 24.8 Å². The van der Waals surface area contributed by atoms with E-state index < -0.39 is 56.7 Å². The first kappa shape index (κ1) is 41.0. The molecule has 1 saturated heterocycles. The van der Waals surface area contributed by atoms with Gasteiger partial charge in [0, 0.05) is 51.1 Å². The van der Waals surface area contributed by atoms with Crippen molar-refractivity contribution >= 4 is 39.3 Å². The van der Waals surface area contributed by atoms with Crippen molar-refractivity contribution in [1.29, 1.82) is 0 Å². The van der Waals surface area contributed by atoms with Gasteiger partial charge in [0.15, 0.2) is 16.6 Å². The molecule has 1 unspecified atom stereocenters. The number of amides is 3. The molecule has 4 aliphatic rings. The lowest BCUT2D eigenvalue weighted by molar-refractivity contribution is -0.144. The third-order valence-electron chi connectivity index (χ3n) is 12.1. The van der Waals surface area contributed by atoms with Crippen LogP contribution in [0.1, 0.15) is 112 Å². The van der Waals surface area contributed by atoms with Gasteiger partial charge in [0.1, 0.15) is 6.04 Å². The molecular formula is C40H61N5O7S. The summed E-state index contributed by atoms with van der Waals surface area (Å²) in [6.45, 7) is 11.6. The van der Waals surface area contributed by atoms with E-state index in [1.165, 1.54) is 23.6 Å². The molecule has 4 fully saturated rings. The number of urea groups is 1. The first-order valence-electron chi connectivity index (χ1n) is 19.6. The molecule has 1 aromatic rings. The molecule has 3 saturated carbocycles. The fraction of sp³-hybridized carbons (Fsp3) is 0.750. The number of Topliss-reactive ketones (excluding diaryl/α,β-unsaturated/α-hetero) is 3. The van der Waals surface area contributed by atoms with Gasteiger partial charge in [0.25, 0.3) is 10.0 Å². The quantitative estimate of drug-likeness (QED) is 0.219. The Morgan fingerprint density at radius 3 is 2.15 bits per heavy atom. The summed E-state index contributed by atoms with van der Waals surface area (Å²) in [4.78, 5) is 74.9. The summed E-state index contributed by atoms with van der Waals surface area (Å²) in [6, 6.07) is 1.67. The highest BCUT2D eigenvalue weighted by Crippen LogP contribution is 2.45. The molecule has 2 N–H and O–H groups in total. The number of aromatic nitrogens is 1. The summed E-state index contributed by atoms with van der Waals surface area (Å²) in [5, 5.41) is 5.76. The van der Waals surface area contributed by atoms with Gasteiger partial charge in [-0.2, -0.15) is 4.31 Å². The minimum absolute atomic E-state index is 0.0237. The number of rotatable bonds is 16. The molecule has 0 aromatic carbocycles. The van der Waals surface area contributed by atoms with E-state index in [1.54, 1.807) is 17.0 Å². The molecule has 3 aliphatic carbocycles. The van der Waals surface area contributed by atoms with E-state index in [-0.39, 0.29) is 59.6 Å². The number of nitrogens with zero attached hydrogens (tertiary/aromatic N) is 3. The van der Waals surface area contributed by atoms with Gasteiger partial charge >= 0.3 is 6.03 Å². The molecule has 6 atom stereocenters. The Morgan fingerprint density at radius 1 is 0.906 bits per heavy atom. The minimum atomic E-state index is -3.93. The van der Waals surface area contributed by atoms with Crippen LogP contribution in [0.4, 0.5) is 4.79 Å². The van der Waals surface area contributed by atoms with Crippen molar-refractivity contribution in [2.45, 2.75) is 135 Å². The van der Waals surface area contributed by atoms with Gasteiger partial charge < -0.3 is 15.5 Å². The summed E-state index contributed by atoms with van der Waals surface area (Å²) in [5.41, 5.74) is -1.31. The number of fused-ring (bicyclic) bond motifs is 1. The third-order valence-corrected chi connectivity index (χ3v) is 13.8. The number of likely N-dealkylation sites (tertiary alicyclic amines) is 1. The van der Waals surface area contributed by atoms with Crippen LogP contribution in [0.15, 0.2) is 29.4 Å². The number of pyridine rings is 1. The Morgan fingerprint density at radius 2 is 1.58 bits per heavy atom. The lowest BCUT2D eigenvalue weighted by Gasteiger charge is -2.38. The summed E-state index contributed by atoms with van der Waals surface area (Å²) in [5.74, 6) is -1.20. The van der Waals surface area contributed by atoms with Crippen LogP contribution in [0.3, 0.4) is 0 Å². The highest BCUT2D eigenvalue weighted by molar-refractivity contribution is 7.89. The fourth-order valence-corrected chi connectivity index (χ4v) is 9.44. The molecule has 1 aliphatic heterocycles. The van der Waals surface area contributed by atoms with Crippen molar-refractivity contribution in [2.24, 2.45) is 40.4 Å². The second-order valence-corrected chi connectivity index (χ2v) is 20.4. The molecular weight excluding hydrogens is 695 g/mol. The molecule has 13 heteroatoms. The molecule has 294 valence electrons. The summed E-state index contributed by atoms with van der Waals surface area (Å²) in [6.07, 6.45) is 9.88. The van der Waals surface area contributed by atoms with E-state index in [0.717, 1.165) is 51.4 Å². The Balaban J connectivity index is 1.32. The van der Waals surface area contributed by atoms with Crippen LogP contribution in [-0.4, -0.2) is 90.2 Å². The largest absolute Gasteiger partial charge is 0.334 e. The van der Waals surface area contributed by atoms with Gasteiger partial charge in [-0.25, -0.2) is 18.2 Å². The van der Waals surface area contributed by atoms with Crippen LogP contribution in [0.25, 0.3) is 0 Å². The van der Waals surface area contributed by atoms with E-state index in [4.69, 9.17) is 0 Å². The molecule has 12 nitrogen and oxygen atoms in total. The number of likely N-dealkylation sites (N-methyl/N-ethyl adjacent to an activating group) is 1. The highest BCUT2D eigenvalue weighted by Gasteiger charge is 2.52. The van der Waals surface area contributed by atoms with Crippen LogP contribution in [0.5, 0.6) is 0 Å². The zero-order chi connectivity index (χ0) is 38.9. The Labute approximate surface area is 316 Å². The van der Waals surface area contributed by atoms with Crippen LogP contribution in [0.2, 0.25) is 0 Å². The molecule has 2 heterocycles. The summed E-state index contributed by atoms with van der Waals surface area (Å²) in [7, 11) is -2.49. The first-order chi connectivity index (χ1) is 24.8. The van der Waals surface area contributed by atoms with Crippen molar-refractivity contribution in [3.8, 4) is 0 Å². The molecule has 0 radical (unpaired) electrons. The maximum atomic E-state index is 14.6. The van der Waals surface area contributed by atoms with Crippen LogP contribution < -0.4 is 10.6 Å². The molecule has 0 spiro atoms. The van der Waals surface area contributed by atoms with Crippen LogP contribution >= 0.6 is 0 Å². The lowest BCUT2D eigenvalue weighted by Crippen LogP contribution is -2.61. The number of nitrogens with one attached hydrogen (secondary N) is 2. The van der Waals surface area contributed by atoms with Gasteiger partial charge in [0.2, 0.25) is 11.7 Å². The third kappa shape index (κ3) is 9.92. The molecule has 0 bridgehead atoms. The van der Waals surface area contributed by atoms with Gasteiger partial charge in [-0.05, 0) is 78.7 Å². The molecule has 3 amide bonds. The topological polar surface area (TPSA) is 163 Å². The van der Waals surface area contributed by atoms with Crippen molar-refractivity contribution < 1.29 is 32.4 Å². The Hall–Kier alpha value is -3.19. The summed E-state index contributed by atoms with van der Waals surface area (Å²) >= 11 is 0. The van der Waals surface area contributed by atoms with E-state index in [9.17, 15) is 32.4 Å². The van der Waals surface area contributed by atoms with E-state index in [0.29, 0.717) is 18.9 Å². The lowest BCUT2D eigenvalue weighted by atomic mass is 9.75. The fourth-order valence-electron chi connectivity index (χ4n) is 8.33. The second kappa shape index (κ2) is 16.3. The SMILES string of the molecule is CN(C[C@@H](NC(=O)N[C@H](C(=O)N1C[C@@H]2CCC[C@@H]2[C@H]1C(=O)CC(CC1CCC1)C(=O)C(=O)CC1CC1)C(C)(C)C)C(C)(C)C)S(=O)(=O)c1ccccn1. The molecule has 1 aromatic heterocycles. The molecule has 5 rings (SSSR count). The normalized spacial score (nSPS) is 23.8. The number of carbonyl (C=O) groups excluding carboxylic acids is 5. The van der Waals surface area contributed by atoms with Crippen molar-refractivity contribution in [2.75, 3.05) is 20.1 Å². The number of sulfonamides is 1. The monoisotopic (exact) mass is 755 g/mol. The number of hydrogen-bond acceptors (Lipinski definition) is 8. The Bertz CT molecular complexity index is 1630. The van der Waals surface area contributed by atoms with Crippen LogP contribution in [-0.2, 0) is 29.2 Å². The zero-order valence-electron chi connectivity index (χ0n) is 32.7. The maximum absolute atomic E-state index is 14.6. The van der Waals surface area contributed by atoms with Gasteiger partial charge in [-0.15, -0.1) is 0 Å². The van der Waals surface area contributed by atoms with E-state index in [1.807, 2.05) is 41.5 Å². The predicted octanol–water partition coefficient (Wildman–Crippen LogP) is 5.16. The van der Waals surface area contributed by atoms with Crippen molar-refractivity contribution in [3.63, 3.8) is 0 Å². The number of ketones is 3. The van der Waals surface area contributed by atoms with E-state index in [2.05, 4.69) is 15.6 Å². The average Bonchev–Trinajstić information content (AvgIpc) is 3.63. The first-order valence-corrected chi connectivity index (χ1v) is 21.1. The van der Waals surface area contributed by atoms with Crippen LogP contribution in [0, 0.1) is 40.4 Å². The van der Waals surface area contributed by atoms with Gasteiger partial charge in [-0.1, -0.05) is 73.3 Å². The van der Waals surface area contributed by atoms with Gasteiger partial charge in [-0.3, -0.25) is 19.2 Å². The van der Waals surface area contributed by atoms with Crippen molar-refractivity contribution in [3.05, 3.63) is 24.4 Å². The standard InChI is InChI=1S/C40H61N5O7S/c1-39(2,3)32(24-44(7)53(51,52)33-16-8-9-19-41-33)42-38(50)43-36(40(4,5)6)37(49)45-23-27-14-11-15-29(27)34(45)30(46)22-28(20-25-12-10-13-25)35(48)31(47)21-26-17-18-26/h8-9,16,19,25-29,32,34,36H,10-15,17-18,20-24H2,1-7H3,(H2,42,43,50)/t27-,28?,29-,32+,34-,36+/m0/s1. The number of carbonyl (C=O) groups is 5. The number of hydrogen-bond donors (Lipinski definition) is 2. The molecule has 53 heavy (non-hydrogen) atoms. The average molecular weight is 756 g/mol. The Kier molecular flexibility index (Phi) is 12.6. The van der Waals surface area contributed by atoms with E-state index >= 15 is 0 Å². The van der Waals surface area contributed by atoms with Gasteiger partial charge in [0.05, 0.1) is 6.04 Å². The zero-order valence-corrected chi connectivity index (χ0v) is 33.5. The summed E-state index contributed by atoms with van der Waals surface area (Å²) < 4.78 is 27.7. The second-order valence-electron chi connectivity index (χ2n) is 18.4. The highest BCUT2D eigenvalue weighted by atomic mass is 32.2. The smallest absolute Gasteiger partial charge is 0.315 e.